The molecule has 6 heteroatoms. The number of aliphatic carboxylic acids is 1. The fourth-order valence-corrected chi connectivity index (χ4v) is 2.96. The SMILES string of the molecule is Cc1ccc(CC(=O)Nc2cccc(CSCCC(=O)O)c2)cn1. The number of aryl methyl sites for hydroxylation is 1. The highest BCUT2D eigenvalue weighted by Gasteiger charge is 2.05. The molecule has 5 nitrogen and oxygen atoms in total. The molecule has 2 rings (SSSR count). The van der Waals surface area contributed by atoms with Gasteiger partial charge in [0.05, 0.1) is 12.8 Å². The van der Waals surface area contributed by atoms with Crippen molar-refractivity contribution in [3.63, 3.8) is 0 Å². The number of amides is 1. The maximum absolute atomic E-state index is 12.1. The third-order valence-electron chi connectivity index (χ3n) is 3.28. The van der Waals surface area contributed by atoms with Crippen LogP contribution in [-0.2, 0) is 21.8 Å². The van der Waals surface area contributed by atoms with E-state index in [1.807, 2.05) is 43.3 Å². The predicted octanol–water partition coefficient (Wildman–Crippen LogP) is 3.28. The van der Waals surface area contributed by atoms with E-state index in [4.69, 9.17) is 5.11 Å². The van der Waals surface area contributed by atoms with Gasteiger partial charge in [0.15, 0.2) is 0 Å². The molecule has 0 radical (unpaired) electrons. The summed E-state index contributed by atoms with van der Waals surface area (Å²) < 4.78 is 0. The summed E-state index contributed by atoms with van der Waals surface area (Å²) in [5.41, 5.74) is 3.60. The summed E-state index contributed by atoms with van der Waals surface area (Å²) in [4.78, 5) is 26.8. The van der Waals surface area contributed by atoms with E-state index in [1.54, 1.807) is 18.0 Å². The molecule has 126 valence electrons. The highest BCUT2D eigenvalue weighted by Crippen LogP contribution is 2.17. The monoisotopic (exact) mass is 344 g/mol. The molecule has 0 atom stereocenters. The first-order valence-corrected chi connectivity index (χ1v) is 8.78. The zero-order valence-electron chi connectivity index (χ0n) is 13.5. The molecule has 1 aromatic heterocycles. The quantitative estimate of drug-likeness (QED) is 0.719. The largest absolute Gasteiger partial charge is 0.481 e. The Morgan fingerprint density at radius 1 is 1.21 bits per heavy atom. The zero-order chi connectivity index (χ0) is 17.4. The number of anilines is 1. The fourth-order valence-electron chi connectivity index (χ4n) is 2.08. The summed E-state index contributed by atoms with van der Waals surface area (Å²) >= 11 is 1.56. The Balaban J connectivity index is 1.85. The van der Waals surface area contributed by atoms with Gasteiger partial charge in [-0.25, -0.2) is 0 Å². The number of benzene rings is 1. The first kappa shape index (κ1) is 18.0. The third kappa shape index (κ3) is 6.42. The summed E-state index contributed by atoms with van der Waals surface area (Å²) in [5, 5.41) is 11.5. The highest BCUT2D eigenvalue weighted by molar-refractivity contribution is 7.98. The zero-order valence-corrected chi connectivity index (χ0v) is 14.3. The van der Waals surface area contributed by atoms with E-state index < -0.39 is 5.97 Å². The Bertz CT molecular complexity index is 702. The smallest absolute Gasteiger partial charge is 0.304 e. The number of nitrogens with zero attached hydrogens (tertiary/aromatic N) is 1. The predicted molar refractivity (Wildman–Crippen MR) is 96.2 cm³/mol. The molecule has 0 saturated carbocycles. The number of aromatic nitrogens is 1. The normalized spacial score (nSPS) is 10.4. The number of carbonyl (C=O) groups is 2. The van der Waals surface area contributed by atoms with Crippen LogP contribution in [0.1, 0.15) is 23.2 Å². The minimum absolute atomic E-state index is 0.0867. The Labute approximate surface area is 145 Å². The number of carboxylic acid groups (broad SMARTS) is 1. The maximum Gasteiger partial charge on any atom is 0.304 e. The second-order valence-corrected chi connectivity index (χ2v) is 6.53. The van der Waals surface area contributed by atoms with Crippen LogP contribution >= 0.6 is 11.8 Å². The molecule has 1 heterocycles. The van der Waals surface area contributed by atoms with Crippen LogP contribution in [0.5, 0.6) is 0 Å². The van der Waals surface area contributed by atoms with E-state index >= 15 is 0 Å². The molecule has 0 aliphatic carbocycles. The van der Waals surface area contributed by atoms with Crippen molar-refractivity contribution in [2.45, 2.75) is 25.5 Å². The van der Waals surface area contributed by atoms with Gasteiger partial charge < -0.3 is 10.4 Å². The molecule has 0 spiro atoms. The summed E-state index contributed by atoms with van der Waals surface area (Å²) in [6.07, 6.45) is 2.15. The minimum atomic E-state index is -0.783. The van der Waals surface area contributed by atoms with Gasteiger partial charge in [0, 0.05) is 29.1 Å². The van der Waals surface area contributed by atoms with Gasteiger partial charge in [0.25, 0.3) is 0 Å². The molecule has 0 fully saturated rings. The van der Waals surface area contributed by atoms with Gasteiger partial charge >= 0.3 is 5.97 Å². The molecular formula is C18H20N2O3S. The summed E-state index contributed by atoms with van der Waals surface area (Å²) in [6, 6.07) is 11.4. The molecule has 1 aromatic carbocycles. The Hall–Kier alpha value is -2.34. The van der Waals surface area contributed by atoms with Crippen LogP contribution in [0.15, 0.2) is 42.6 Å². The van der Waals surface area contributed by atoms with Crippen LogP contribution in [0.4, 0.5) is 5.69 Å². The van der Waals surface area contributed by atoms with Gasteiger partial charge in [0.1, 0.15) is 0 Å². The van der Waals surface area contributed by atoms with Crippen LogP contribution in [-0.4, -0.2) is 27.7 Å². The lowest BCUT2D eigenvalue weighted by molar-refractivity contribution is -0.136. The van der Waals surface area contributed by atoms with Crippen molar-refractivity contribution in [1.82, 2.24) is 4.98 Å². The number of nitrogens with one attached hydrogen (secondary N) is 1. The van der Waals surface area contributed by atoms with Crippen molar-refractivity contribution in [2.75, 3.05) is 11.1 Å². The lowest BCUT2D eigenvalue weighted by atomic mass is 10.2. The van der Waals surface area contributed by atoms with Crippen LogP contribution in [0.25, 0.3) is 0 Å². The van der Waals surface area contributed by atoms with Crippen LogP contribution in [0.2, 0.25) is 0 Å². The lowest BCUT2D eigenvalue weighted by Crippen LogP contribution is -2.14. The lowest BCUT2D eigenvalue weighted by Gasteiger charge is -2.08. The van der Waals surface area contributed by atoms with Gasteiger partial charge in [-0.1, -0.05) is 18.2 Å². The number of carboxylic acids is 1. The standard InChI is InChI=1S/C18H20N2O3S/c1-13-5-6-14(11-19-13)10-17(21)20-16-4-2-3-15(9-16)12-24-8-7-18(22)23/h2-6,9,11H,7-8,10,12H2,1H3,(H,20,21)(H,22,23). The van der Waals surface area contributed by atoms with E-state index in [9.17, 15) is 9.59 Å². The van der Waals surface area contributed by atoms with Crippen molar-refractivity contribution in [3.05, 3.63) is 59.4 Å². The molecule has 0 aliphatic heterocycles. The van der Waals surface area contributed by atoms with E-state index in [0.717, 1.165) is 28.3 Å². The topological polar surface area (TPSA) is 79.3 Å². The van der Waals surface area contributed by atoms with Crippen molar-refractivity contribution in [2.24, 2.45) is 0 Å². The van der Waals surface area contributed by atoms with Crippen LogP contribution in [0, 0.1) is 6.92 Å². The molecule has 1 amide bonds. The number of rotatable bonds is 8. The average Bonchev–Trinajstić information content (AvgIpc) is 2.54. The van der Waals surface area contributed by atoms with E-state index in [0.29, 0.717) is 5.75 Å². The molecule has 0 aliphatic rings. The van der Waals surface area contributed by atoms with Crippen molar-refractivity contribution >= 4 is 29.3 Å². The van der Waals surface area contributed by atoms with Gasteiger partial charge in [-0.15, -0.1) is 0 Å². The van der Waals surface area contributed by atoms with E-state index in [1.165, 1.54) is 0 Å². The Morgan fingerprint density at radius 3 is 2.75 bits per heavy atom. The molecule has 24 heavy (non-hydrogen) atoms. The maximum atomic E-state index is 12.1. The highest BCUT2D eigenvalue weighted by atomic mass is 32.2. The molecule has 2 N–H and O–H groups in total. The molecular weight excluding hydrogens is 324 g/mol. The Morgan fingerprint density at radius 2 is 2.04 bits per heavy atom. The molecule has 0 saturated heterocycles. The number of carbonyl (C=O) groups excluding carboxylic acids is 1. The molecule has 2 aromatic rings. The number of hydrogen-bond donors (Lipinski definition) is 2. The summed E-state index contributed by atoms with van der Waals surface area (Å²) in [6.45, 7) is 1.91. The van der Waals surface area contributed by atoms with Crippen molar-refractivity contribution in [3.8, 4) is 0 Å². The van der Waals surface area contributed by atoms with Gasteiger partial charge in [-0.3, -0.25) is 14.6 Å². The van der Waals surface area contributed by atoms with Crippen molar-refractivity contribution < 1.29 is 14.7 Å². The second kappa shape index (κ2) is 9.08. The van der Waals surface area contributed by atoms with E-state index in [2.05, 4.69) is 10.3 Å². The Kier molecular flexibility index (Phi) is 6.81. The van der Waals surface area contributed by atoms with E-state index in [-0.39, 0.29) is 18.7 Å². The summed E-state index contributed by atoms with van der Waals surface area (Å²) in [7, 11) is 0. The first-order valence-electron chi connectivity index (χ1n) is 7.63. The number of hydrogen-bond acceptors (Lipinski definition) is 4. The molecule has 0 unspecified atom stereocenters. The van der Waals surface area contributed by atoms with Gasteiger partial charge in [0.2, 0.25) is 5.91 Å². The fraction of sp³-hybridized carbons (Fsp3) is 0.278. The third-order valence-corrected chi connectivity index (χ3v) is 4.31. The van der Waals surface area contributed by atoms with Crippen molar-refractivity contribution in [1.29, 1.82) is 0 Å². The first-order chi connectivity index (χ1) is 11.5. The number of thioether (sulfide) groups is 1. The average molecular weight is 344 g/mol. The molecule has 0 bridgehead atoms. The van der Waals surface area contributed by atoms with Crippen LogP contribution in [0.3, 0.4) is 0 Å². The van der Waals surface area contributed by atoms with Gasteiger partial charge in [-0.05, 0) is 36.2 Å². The minimum Gasteiger partial charge on any atom is -0.481 e. The van der Waals surface area contributed by atoms with Gasteiger partial charge in [-0.2, -0.15) is 11.8 Å². The summed E-state index contributed by atoms with van der Waals surface area (Å²) in [5.74, 6) is 0.427. The second-order valence-electron chi connectivity index (χ2n) is 5.43. The number of pyridine rings is 1. The van der Waals surface area contributed by atoms with Crippen LogP contribution < -0.4 is 5.32 Å².